The van der Waals surface area contributed by atoms with E-state index in [-0.39, 0.29) is 29.7 Å². The molecule has 0 saturated heterocycles. The molecule has 0 spiro atoms. The van der Waals surface area contributed by atoms with E-state index >= 15 is 0 Å². The third kappa shape index (κ3) is 5.86. The van der Waals surface area contributed by atoms with E-state index < -0.39 is 5.97 Å². The molecule has 0 aliphatic carbocycles. The molecule has 9 nitrogen and oxygen atoms in total. The summed E-state index contributed by atoms with van der Waals surface area (Å²) in [7, 11) is 0. The molecule has 3 N–H and O–H groups in total. The summed E-state index contributed by atoms with van der Waals surface area (Å²) in [6.07, 6.45) is 0. The first-order valence-corrected chi connectivity index (χ1v) is 11.0. The Kier molecular flexibility index (Phi) is 7.85. The van der Waals surface area contributed by atoms with Crippen molar-refractivity contribution in [3.63, 3.8) is 0 Å². The summed E-state index contributed by atoms with van der Waals surface area (Å²) in [5.41, 5.74) is 0.857. The highest BCUT2D eigenvalue weighted by atomic mass is 35.5. The van der Waals surface area contributed by atoms with E-state index in [0.29, 0.717) is 33.8 Å². The number of carbonyl (C=O) groups excluding carboxylic acids is 2. The fraction of sp³-hybridized carbons (Fsp3) is 0.190. The summed E-state index contributed by atoms with van der Waals surface area (Å²) < 4.78 is 1.80. The molecule has 2 amide bonds. The fourth-order valence-electron chi connectivity index (χ4n) is 2.83. The molecule has 0 aliphatic rings. The predicted octanol–water partition coefficient (Wildman–Crippen LogP) is 3.31. The SMILES string of the molecule is CCn1c(CNC(=O)c2ccccc2Cl)nnc1SCC(=O)Nc1cccc(C(=O)O)c1. The summed E-state index contributed by atoms with van der Waals surface area (Å²) in [4.78, 5) is 35.7. The number of rotatable bonds is 9. The number of halogens is 1. The maximum atomic E-state index is 12.4. The summed E-state index contributed by atoms with van der Waals surface area (Å²) >= 11 is 7.24. The number of carboxylic acids is 1. The Hall–Kier alpha value is -3.37. The van der Waals surface area contributed by atoms with Gasteiger partial charge in [0.25, 0.3) is 5.91 Å². The monoisotopic (exact) mass is 473 g/mol. The molecule has 0 bridgehead atoms. The zero-order valence-corrected chi connectivity index (χ0v) is 18.6. The number of thioether (sulfide) groups is 1. The predicted molar refractivity (Wildman–Crippen MR) is 121 cm³/mol. The molecule has 3 rings (SSSR count). The summed E-state index contributed by atoms with van der Waals surface area (Å²) in [5, 5.41) is 23.6. The van der Waals surface area contributed by atoms with Crippen LogP contribution in [0.4, 0.5) is 5.69 Å². The number of hydrogen-bond acceptors (Lipinski definition) is 6. The lowest BCUT2D eigenvalue weighted by atomic mass is 10.2. The van der Waals surface area contributed by atoms with Gasteiger partial charge in [0.2, 0.25) is 5.91 Å². The van der Waals surface area contributed by atoms with Crippen LogP contribution in [0.3, 0.4) is 0 Å². The molecule has 0 saturated carbocycles. The topological polar surface area (TPSA) is 126 Å². The van der Waals surface area contributed by atoms with Crippen LogP contribution >= 0.6 is 23.4 Å². The summed E-state index contributed by atoms with van der Waals surface area (Å²) in [6, 6.07) is 12.8. The third-order valence-electron chi connectivity index (χ3n) is 4.36. The molecular weight excluding hydrogens is 454 g/mol. The van der Waals surface area contributed by atoms with Gasteiger partial charge in [0.05, 0.1) is 28.4 Å². The van der Waals surface area contributed by atoms with Gasteiger partial charge >= 0.3 is 5.97 Å². The van der Waals surface area contributed by atoms with Gasteiger partial charge in [0.15, 0.2) is 11.0 Å². The van der Waals surface area contributed by atoms with E-state index in [1.807, 2.05) is 6.92 Å². The van der Waals surface area contributed by atoms with Crippen LogP contribution in [0.1, 0.15) is 33.5 Å². The molecule has 1 aromatic heterocycles. The number of carboxylic acid groups (broad SMARTS) is 1. The van der Waals surface area contributed by atoms with Crippen LogP contribution in [0.25, 0.3) is 0 Å². The Labute approximate surface area is 193 Å². The van der Waals surface area contributed by atoms with Crippen molar-refractivity contribution in [2.45, 2.75) is 25.2 Å². The largest absolute Gasteiger partial charge is 0.478 e. The second-order valence-electron chi connectivity index (χ2n) is 6.53. The number of anilines is 1. The Morgan fingerprint density at radius 3 is 2.62 bits per heavy atom. The van der Waals surface area contributed by atoms with Crippen molar-refractivity contribution in [1.29, 1.82) is 0 Å². The lowest BCUT2D eigenvalue weighted by Crippen LogP contribution is -2.25. The molecule has 11 heteroatoms. The number of aromatic carboxylic acids is 1. The highest BCUT2D eigenvalue weighted by Gasteiger charge is 2.16. The molecule has 0 fully saturated rings. The molecule has 2 aromatic carbocycles. The van der Waals surface area contributed by atoms with Crippen molar-refractivity contribution < 1.29 is 19.5 Å². The molecule has 0 unspecified atom stereocenters. The molecule has 0 atom stereocenters. The van der Waals surface area contributed by atoms with Gasteiger partial charge in [-0.1, -0.05) is 41.6 Å². The lowest BCUT2D eigenvalue weighted by Gasteiger charge is -2.09. The highest BCUT2D eigenvalue weighted by molar-refractivity contribution is 7.99. The van der Waals surface area contributed by atoms with Gasteiger partial charge in [-0.25, -0.2) is 4.79 Å². The molecule has 0 aliphatic heterocycles. The Morgan fingerprint density at radius 2 is 1.91 bits per heavy atom. The molecule has 3 aromatic rings. The van der Waals surface area contributed by atoms with Crippen molar-refractivity contribution >= 4 is 46.8 Å². The minimum Gasteiger partial charge on any atom is -0.478 e. The zero-order valence-electron chi connectivity index (χ0n) is 17.0. The summed E-state index contributed by atoms with van der Waals surface area (Å²) in [6.45, 7) is 2.61. The third-order valence-corrected chi connectivity index (χ3v) is 5.66. The van der Waals surface area contributed by atoms with Crippen LogP contribution in [0, 0.1) is 0 Å². The van der Waals surface area contributed by atoms with Gasteiger partial charge in [-0.15, -0.1) is 10.2 Å². The maximum absolute atomic E-state index is 12.4. The Balaban J connectivity index is 1.58. The van der Waals surface area contributed by atoms with Crippen LogP contribution in [-0.4, -0.2) is 43.4 Å². The van der Waals surface area contributed by atoms with Crippen molar-refractivity contribution in [3.05, 3.63) is 70.5 Å². The number of benzene rings is 2. The van der Waals surface area contributed by atoms with Crippen LogP contribution in [0.2, 0.25) is 5.02 Å². The molecular formula is C21H20ClN5O4S. The molecule has 1 heterocycles. The normalized spacial score (nSPS) is 10.6. The van der Waals surface area contributed by atoms with Gasteiger partial charge < -0.3 is 20.3 Å². The Morgan fingerprint density at radius 1 is 1.12 bits per heavy atom. The van der Waals surface area contributed by atoms with Gasteiger partial charge in [-0.05, 0) is 37.3 Å². The first-order valence-electron chi connectivity index (χ1n) is 9.59. The smallest absolute Gasteiger partial charge is 0.335 e. The quantitative estimate of drug-likeness (QED) is 0.407. The van der Waals surface area contributed by atoms with E-state index in [0.717, 1.165) is 0 Å². The Bertz CT molecular complexity index is 1150. The lowest BCUT2D eigenvalue weighted by molar-refractivity contribution is -0.113. The standard InChI is InChI=1S/C21H20ClN5O4S/c1-2-27-17(11-23-19(29)15-8-3-4-9-16(15)22)25-26-21(27)32-12-18(28)24-14-7-5-6-13(10-14)20(30)31/h3-10H,2,11-12H2,1H3,(H,23,29)(H,24,28)(H,30,31). The first-order chi connectivity index (χ1) is 15.4. The minimum atomic E-state index is -1.07. The van der Waals surface area contributed by atoms with E-state index in [4.69, 9.17) is 16.7 Å². The maximum Gasteiger partial charge on any atom is 0.335 e. The van der Waals surface area contributed by atoms with Crippen LogP contribution in [-0.2, 0) is 17.9 Å². The first kappa shape index (κ1) is 23.3. The summed E-state index contributed by atoms with van der Waals surface area (Å²) in [5.74, 6) is -1.10. The van der Waals surface area contributed by atoms with Crippen molar-refractivity contribution in [1.82, 2.24) is 20.1 Å². The van der Waals surface area contributed by atoms with Gasteiger partial charge in [-0.2, -0.15) is 0 Å². The van der Waals surface area contributed by atoms with E-state index in [1.54, 1.807) is 41.0 Å². The number of hydrogen-bond donors (Lipinski definition) is 3. The molecule has 32 heavy (non-hydrogen) atoms. The number of carbonyl (C=O) groups is 3. The van der Waals surface area contributed by atoms with Crippen molar-refractivity contribution in [3.8, 4) is 0 Å². The van der Waals surface area contributed by atoms with Crippen LogP contribution in [0.15, 0.2) is 53.7 Å². The van der Waals surface area contributed by atoms with Crippen molar-refractivity contribution in [2.75, 3.05) is 11.1 Å². The highest BCUT2D eigenvalue weighted by Crippen LogP contribution is 2.19. The van der Waals surface area contributed by atoms with E-state index in [2.05, 4.69) is 20.8 Å². The average Bonchev–Trinajstić information content (AvgIpc) is 3.18. The second kappa shape index (κ2) is 10.8. The second-order valence-corrected chi connectivity index (χ2v) is 7.88. The van der Waals surface area contributed by atoms with E-state index in [9.17, 15) is 14.4 Å². The van der Waals surface area contributed by atoms with Gasteiger partial charge in [0.1, 0.15) is 0 Å². The average molecular weight is 474 g/mol. The van der Waals surface area contributed by atoms with Crippen LogP contribution in [0.5, 0.6) is 0 Å². The molecule has 0 radical (unpaired) electrons. The van der Waals surface area contributed by atoms with Crippen molar-refractivity contribution in [2.24, 2.45) is 0 Å². The number of aromatic nitrogens is 3. The minimum absolute atomic E-state index is 0.0570. The molecule has 166 valence electrons. The number of amides is 2. The van der Waals surface area contributed by atoms with Gasteiger partial charge in [0, 0.05) is 12.2 Å². The van der Waals surface area contributed by atoms with Gasteiger partial charge in [-0.3, -0.25) is 9.59 Å². The fourth-order valence-corrected chi connectivity index (χ4v) is 3.87. The number of nitrogens with zero attached hydrogens (tertiary/aromatic N) is 3. The van der Waals surface area contributed by atoms with Crippen LogP contribution < -0.4 is 10.6 Å². The number of nitrogens with one attached hydrogen (secondary N) is 2. The zero-order chi connectivity index (χ0) is 23.1. The van der Waals surface area contributed by atoms with E-state index in [1.165, 1.54) is 23.9 Å².